The highest BCUT2D eigenvalue weighted by Crippen LogP contribution is 2.32. The summed E-state index contributed by atoms with van der Waals surface area (Å²) in [4.78, 5) is 11.5. The molecule has 1 saturated heterocycles. The zero-order valence-corrected chi connectivity index (χ0v) is 13.2. The van der Waals surface area contributed by atoms with Gasteiger partial charge in [-0.15, -0.1) is 0 Å². The SMILES string of the molecule is CCOc1ccc(C(C)=O)cc1CSC1CCOC1C. The predicted octanol–water partition coefficient (Wildman–Crippen LogP) is 3.70. The number of hydrogen-bond donors (Lipinski definition) is 0. The van der Waals surface area contributed by atoms with E-state index in [1.807, 2.05) is 36.9 Å². The molecule has 2 atom stereocenters. The molecule has 1 aromatic carbocycles. The topological polar surface area (TPSA) is 35.5 Å². The number of hydrogen-bond acceptors (Lipinski definition) is 4. The van der Waals surface area contributed by atoms with Crippen LogP contribution in [0.15, 0.2) is 18.2 Å². The number of ketones is 1. The molecule has 2 rings (SSSR count). The van der Waals surface area contributed by atoms with Crippen LogP contribution < -0.4 is 4.74 Å². The van der Waals surface area contributed by atoms with Gasteiger partial charge in [-0.25, -0.2) is 0 Å². The Bertz CT molecular complexity index is 473. The quantitative estimate of drug-likeness (QED) is 0.749. The summed E-state index contributed by atoms with van der Waals surface area (Å²) in [6.07, 6.45) is 1.41. The van der Waals surface area contributed by atoms with Gasteiger partial charge >= 0.3 is 0 Å². The van der Waals surface area contributed by atoms with Crippen LogP contribution in [0.1, 0.15) is 43.1 Å². The maximum Gasteiger partial charge on any atom is 0.159 e. The fraction of sp³-hybridized carbons (Fsp3) is 0.562. The maximum atomic E-state index is 11.5. The average molecular weight is 294 g/mol. The molecule has 4 heteroatoms. The van der Waals surface area contributed by atoms with Gasteiger partial charge in [0.2, 0.25) is 0 Å². The number of benzene rings is 1. The lowest BCUT2D eigenvalue weighted by Crippen LogP contribution is -2.13. The Kier molecular flexibility index (Phi) is 5.49. The fourth-order valence-electron chi connectivity index (χ4n) is 2.34. The van der Waals surface area contributed by atoms with Crippen molar-refractivity contribution < 1.29 is 14.3 Å². The minimum absolute atomic E-state index is 0.0943. The zero-order chi connectivity index (χ0) is 14.5. The van der Waals surface area contributed by atoms with E-state index >= 15 is 0 Å². The first-order chi connectivity index (χ1) is 9.61. The van der Waals surface area contributed by atoms with E-state index in [1.54, 1.807) is 6.92 Å². The van der Waals surface area contributed by atoms with Crippen LogP contribution in [0, 0.1) is 0 Å². The third kappa shape index (κ3) is 3.76. The number of Topliss-reactive ketones (excluding diaryl/α,β-unsaturated/α-hetero) is 1. The van der Waals surface area contributed by atoms with Gasteiger partial charge in [0, 0.05) is 28.7 Å². The zero-order valence-electron chi connectivity index (χ0n) is 12.3. The summed E-state index contributed by atoms with van der Waals surface area (Å²) in [6, 6.07) is 5.70. The summed E-state index contributed by atoms with van der Waals surface area (Å²) in [5, 5.41) is 0.533. The number of carbonyl (C=O) groups is 1. The van der Waals surface area contributed by atoms with Crippen LogP contribution in [0.3, 0.4) is 0 Å². The summed E-state index contributed by atoms with van der Waals surface area (Å²) >= 11 is 1.89. The van der Waals surface area contributed by atoms with E-state index in [-0.39, 0.29) is 5.78 Å². The van der Waals surface area contributed by atoms with Crippen molar-refractivity contribution >= 4 is 17.5 Å². The Morgan fingerprint density at radius 2 is 2.30 bits per heavy atom. The minimum Gasteiger partial charge on any atom is -0.494 e. The van der Waals surface area contributed by atoms with Crippen molar-refractivity contribution in [2.75, 3.05) is 13.2 Å². The molecule has 20 heavy (non-hydrogen) atoms. The third-order valence-corrected chi connectivity index (χ3v) is 5.05. The lowest BCUT2D eigenvalue weighted by molar-refractivity contribution is 0.101. The van der Waals surface area contributed by atoms with Gasteiger partial charge in [-0.05, 0) is 45.4 Å². The van der Waals surface area contributed by atoms with Crippen LogP contribution in [0.25, 0.3) is 0 Å². The lowest BCUT2D eigenvalue weighted by atomic mass is 10.1. The van der Waals surface area contributed by atoms with E-state index in [2.05, 4.69) is 6.92 Å². The van der Waals surface area contributed by atoms with Gasteiger partial charge in [-0.3, -0.25) is 4.79 Å². The first kappa shape index (κ1) is 15.4. The Balaban J connectivity index is 2.10. The third-order valence-electron chi connectivity index (χ3n) is 3.53. The van der Waals surface area contributed by atoms with E-state index in [0.717, 1.165) is 35.7 Å². The molecular weight excluding hydrogens is 272 g/mol. The Morgan fingerprint density at radius 3 is 2.90 bits per heavy atom. The van der Waals surface area contributed by atoms with Gasteiger partial charge in [-0.1, -0.05) is 0 Å². The van der Waals surface area contributed by atoms with E-state index in [1.165, 1.54) is 0 Å². The average Bonchev–Trinajstić information content (AvgIpc) is 2.83. The van der Waals surface area contributed by atoms with Gasteiger partial charge in [-0.2, -0.15) is 11.8 Å². The molecule has 3 nitrogen and oxygen atoms in total. The van der Waals surface area contributed by atoms with Crippen molar-refractivity contribution in [2.45, 2.75) is 44.3 Å². The summed E-state index contributed by atoms with van der Waals surface area (Å²) < 4.78 is 11.2. The molecule has 1 aliphatic rings. The van der Waals surface area contributed by atoms with Crippen molar-refractivity contribution in [3.63, 3.8) is 0 Å². The molecule has 1 aliphatic heterocycles. The van der Waals surface area contributed by atoms with Crippen LogP contribution in [0.2, 0.25) is 0 Å². The summed E-state index contributed by atoms with van der Waals surface area (Å²) in [5.74, 6) is 1.84. The second-order valence-corrected chi connectivity index (χ2v) is 6.25. The molecule has 0 saturated carbocycles. The summed E-state index contributed by atoms with van der Waals surface area (Å²) in [7, 11) is 0. The van der Waals surface area contributed by atoms with E-state index < -0.39 is 0 Å². The first-order valence-corrected chi connectivity index (χ1v) is 8.16. The highest BCUT2D eigenvalue weighted by molar-refractivity contribution is 7.99. The smallest absolute Gasteiger partial charge is 0.159 e. The van der Waals surface area contributed by atoms with Gasteiger partial charge in [0.05, 0.1) is 12.7 Å². The van der Waals surface area contributed by atoms with Crippen LogP contribution in [0.5, 0.6) is 5.75 Å². The molecule has 0 aromatic heterocycles. The van der Waals surface area contributed by atoms with Crippen molar-refractivity contribution in [3.8, 4) is 5.75 Å². The molecule has 0 aliphatic carbocycles. The molecule has 0 spiro atoms. The molecule has 0 N–H and O–H groups in total. The van der Waals surface area contributed by atoms with Gasteiger partial charge in [0.25, 0.3) is 0 Å². The molecule has 0 radical (unpaired) electrons. The molecule has 110 valence electrons. The molecule has 0 bridgehead atoms. The number of thioether (sulfide) groups is 1. The number of carbonyl (C=O) groups excluding carboxylic acids is 1. The second kappa shape index (κ2) is 7.14. The van der Waals surface area contributed by atoms with Gasteiger partial charge in [0.15, 0.2) is 5.78 Å². The van der Waals surface area contributed by atoms with Gasteiger partial charge < -0.3 is 9.47 Å². The standard InChI is InChI=1S/C16H22O3S/c1-4-18-15-6-5-13(11(2)17)9-14(15)10-20-16-7-8-19-12(16)3/h5-6,9,12,16H,4,7-8,10H2,1-3H3. The van der Waals surface area contributed by atoms with Crippen LogP contribution >= 0.6 is 11.8 Å². The molecule has 2 unspecified atom stereocenters. The van der Waals surface area contributed by atoms with Crippen molar-refractivity contribution in [2.24, 2.45) is 0 Å². The van der Waals surface area contributed by atoms with Crippen LogP contribution in [-0.4, -0.2) is 30.4 Å². The van der Waals surface area contributed by atoms with Crippen LogP contribution in [0.4, 0.5) is 0 Å². The molecular formula is C16H22O3S. The monoisotopic (exact) mass is 294 g/mol. The molecule has 1 fully saturated rings. The largest absolute Gasteiger partial charge is 0.494 e. The molecule has 1 heterocycles. The first-order valence-electron chi connectivity index (χ1n) is 7.11. The Morgan fingerprint density at radius 1 is 1.50 bits per heavy atom. The van der Waals surface area contributed by atoms with E-state index in [4.69, 9.17) is 9.47 Å². The van der Waals surface area contributed by atoms with Crippen LogP contribution in [-0.2, 0) is 10.5 Å². The van der Waals surface area contributed by atoms with E-state index in [9.17, 15) is 4.79 Å². The normalized spacial score (nSPS) is 21.9. The minimum atomic E-state index is 0.0943. The van der Waals surface area contributed by atoms with Crippen molar-refractivity contribution in [3.05, 3.63) is 29.3 Å². The number of ether oxygens (including phenoxy) is 2. The summed E-state index contributed by atoms with van der Waals surface area (Å²) in [6.45, 7) is 7.19. The molecule has 1 aromatic rings. The maximum absolute atomic E-state index is 11.5. The highest BCUT2D eigenvalue weighted by Gasteiger charge is 2.24. The summed E-state index contributed by atoms with van der Waals surface area (Å²) in [5.41, 5.74) is 1.85. The Labute approximate surface area is 125 Å². The number of rotatable bonds is 6. The lowest BCUT2D eigenvalue weighted by Gasteiger charge is -2.16. The molecule has 0 amide bonds. The van der Waals surface area contributed by atoms with Gasteiger partial charge in [0.1, 0.15) is 5.75 Å². The van der Waals surface area contributed by atoms with Crippen molar-refractivity contribution in [1.82, 2.24) is 0 Å². The fourth-order valence-corrected chi connectivity index (χ4v) is 3.57. The van der Waals surface area contributed by atoms with Crippen molar-refractivity contribution in [1.29, 1.82) is 0 Å². The predicted molar refractivity (Wildman–Crippen MR) is 82.7 cm³/mol. The highest BCUT2D eigenvalue weighted by atomic mass is 32.2. The second-order valence-electron chi connectivity index (χ2n) is 5.03. The van der Waals surface area contributed by atoms with E-state index in [0.29, 0.717) is 18.0 Å². The Hall–Kier alpha value is -1.00.